The standard InChI is InChI=1S/C27H23BrN4O6S/c1-36-21-9-7-15(12-22(21)37-2)27(35)38-20-10-8-17(28)11-16(20)14-30-32-25(34)24(33)31-26-19(13-29)18-5-3-4-6-23(18)39-26/h7-12,14H,3-6H2,1-2H3,(H,31,33)(H,32,34)/b30-14+. The SMILES string of the molecule is COc1ccc(C(=O)Oc2ccc(Br)cc2/C=N/NC(=O)C(=O)Nc2sc3c(c2C#N)CCCC3)cc1OC. The number of thiophene rings is 1. The van der Waals surface area contributed by atoms with Crippen LogP contribution in [0.15, 0.2) is 46.0 Å². The van der Waals surface area contributed by atoms with Gasteiger partial charge in [-0.2, -0.15) is 10.4 Å². The molecule has 0 saturated carbocycles. The van der Waals surface area contributed by atoms with Crippen molar-refractivity contribution in [2.24, 2.45) is 5.10 Å². The Bertz CT molecular complexity index is 1510. The van der Waals surface area contributed by atoms with Crippen LogP contribution in [0.3, 0.4) is 0 Å². The van der Waals surface area contributed by atoms with Gasteiger partial charge < -0.3 is 19.5 Å². The zero-order valence-corrected chi connectivity index (χ0v) is 23.4. The van der Waals surface area contributed by atoms with Crippen molar-refractivity contribution < 1.29 is 28.6 Å². The number of fused-ring (bicyclic) bond motifs is 1. The largest absolute Gasteiger partial charge is 0.493 e. The first-order valence-corrected chi connectivity index (χ1v) is 13.4. The molecule has 2 aromatic carbocycles. The van der Waals surface area contributed by atoms with Gasteiger partial charge in [0.2, 0.25) is 0 Å². The highest BCUT2D eigenvalue weighted by molar-refractivity contribution is 9.10. The van der Waals surface area contributed by atoms with Gasteiger partial charge in [0.05, 0.1) is 31.6 Å². The number of hydrazone groups is 1. The smallest absolute Gasteiger partial charge is 0.343 e. The van der Waals surface area contributed by atoms with Gasteiger partial charge in [-0.15, -0.1) is 11.3 Å². The van der Waals surface area contributed by atoms with Crippen LogP contribution >= 0.6 is 27.3 Å². The molecule has 2 N–H and O–H groups in total. The zero-order valence-electron chi connectivity index (χ0n) is 21.0. The summed E-state index contributed by atoms with van der Waals surface area (Å²) in [5, 5.41) is 16.3. The van der Waals surface area contributed by atoms with Crippen molar-refractivity contribution in [2.45, 2.75) is 25.7 Å². The molecule has 12 heteroatoms. The van der Waals surface area contributed by atoms with Crippen LogP contribution in [0.4, 0.5) is 5.00 Å². The van der Waals surface area contributed by atoms with Gasteiger partial charge in [-0.05, 0) is 67.6 Å². The molecule has 0 saturated heterocycles. The Labute approximate surface area is 236 Å². The van der Waals surface area contributed by atoms with E-state index in [1.807, 2.05) is 0 Å². The third-order valence-electron chi connectivity index (χ3n) is 5.88. The maximum absolute atomic E-state index is 12.8. The van der Waals surface area contributed by atoms with E-state index in [1.165, 1.54) is 43.9 Å². The highest BCUT2D eigenvalue weighted by Gasteiger charge is 2.23. The van der Waals surface area contributed by atoms with E-state index in [0.717, 1.165) is 36.1 Å². The number of rotatable bonds is 7. The second-order valence-electron chi connectivity index (χ2n) is 8.32. The minimum absolute atomic E-state index is 0.170. The minimum atomic E-state index is -1.01. The maximum Gasteiger partial charge on any atom is 0.343 e. The van der Waals surface area contributed by atoms with Crippen LogP contribution in [-0.4, -0.2) is 38.2 Å². The molecule has 0 bridgehead atoms. The van der Waals surface area contributed by atoms with Crippen LogP contribution in [0.25, 0.3) is 0 Å². The number of carbonyl (C=O) groups excluding carboxylic acids is 3. The van der Waals surface area contributed by atoms with Crippen LogP contribution in [0, 0.1) is 11.3 Å². The van der Waals surface area contributed by atoms with Crippen molar-refractivity contribution in [3.05, 3.63) is 68.0 Å². The molecular formula is C27H23BrN4O6S. The van der Waals surface area contributed by atoms with E-state index in [-0.39, 0.29) is 11.3 Å². The van der Waals surface area contributed by atoms with Crippen molar-refractivity contribution in [1.29, 1.82) is 5.26 Å². The molecule has 0 radical (unpaired) electrons. The van der Waals surface area contributed by atoms with Crippen molar-refractivity contribution >= 4 is 56.3 Å². The molecule has 1 aromatic heterocycles. The topological polar surface area (TPSA) is 139 Å². The van der Waals surface area contributed by atoms with E-state index in [9.17, 15) is 19.6 Å². The number of benzene rings is 2. The van der Waals surface area contributed by atoms with Crippen molar-refractivity contribution in [1.82, 2.24) is 5.43 Å². The summed E-state index contributed by atoms with van der Waals surface area (Å²) in [6.07, 6.45) is 4.90. The number of carbonyl (C=O) groups is 3. The molecule has 0 fully saturated rings. The summed E-state index contributed by atoms with van der Waals surface area (Å²) in [7, 11) is 2.95. The Balaban J connectivity index is 1.43. The predicted molar refractivity (Wildman–Crippen MR) is 149 cm³/mol. The first-order chi connectivity index (χ1) is 18.8. The number of nitrogens with one attached hydrogen (secondary N) is 2. The quantitative estimate of drug-likeness (QED) is 0.131. The summed E-state index contributed by atoms with van der Waals surface area (Å²) in [5.74, 6) is -1.61. The van der Waals surface area contributed by atoms with E-state index in [1.54, 1.807) is 24.3 Å². The Morgan fingerprint density at radius 1 is 1.03 bits per heavy atom. The van der Waals surface area contributed by atoms with Crippen LogP contribution in [-0.2, 0) is 22.4 Å². The second kappa shape index (κ2) is 12.6. The van der Waals surface area contributed by atoms with Gasteiger partial charge >= 0.3 is 17.8 Å². The number of nitrogens with zero attached hydrogens (tertiary/aromatic N) is 2. The number of amides is 2. The first kappa shape index (κ1) is 27.8. The van der Waals surface area contributed by atoms with Gasteiger partial charge in [0.15, 0.2) is 11.5 Å². The maximum atomic E-state index is 12.8. The molecule has 39 heavy (non-hydrogen) atoms. The van der Waals surface area contributed by atoms with Crippen molar-refractivity contribution in [3.63, 3.8) is 0 Å². The second-order valence-corrected chi connectivity index (χ2v) is 10.3. The van der Waals surface area contributed by atoms with Gasteiger partial charge in [-0.25, -0.2) is 10.2 Å². The number of halogens is 1. The summed E-state index contributed by atoms with van der Waals surface area (Å²) < 4.78 is 16.6. The Kier molecular flexibility index (Phi) is 8.96. The number of hydrogen-bond donors (Lipinski definition) is 2. The van der Waals surface area contributed by atoms with Crippen molar-refractivity contribution in [3.8, 4) is 23.3 Å². The fourth-order valence-corrected chi connectivity index (χ4v) is 5.59. The van der Waals surface area contributed by atoms with E-state index in [2.05, 4.69) is 37.8 Å². The van der Waals surface area contributed by atoms with Crippen LogP contribution < -0.4 is 25.0 Å². The zero-order chi connectivity index (χ0) is 27.9. The normalized spacial score (nSPS) is 12.3. The monoisotopic (exact) mass is 610 g/mol. The van der Waals surface area contributed by atoms with Crippen LogP contribution in [0.2, 0.25) is 0 Å². The van der Waals surface area contributed by atoms with Gasteiger partial charge in [0, 0.05) is 14.9 Å². The Morgan fingerprint density at radius 3 is 2.51 bits per heavy atom. The summed E-state index contributed by atoms with van der Waals surface area (Å²) in [6, 6.07) is 11.6. The average molecular weight is 611 g/mol. The van der Waals surface area contributed by atoms with E-state index in [4.69, 9.17) is 14.2 Å². The molecule has 1 heterocycles. The molecule has 200 valence electrons. The lowest BCUT2D eigenvalue weighted by Gasteiger charge is -2.11. The lowest BCUT2D eigenvalue weighted by molar-refractivity contribution is -0.136. The Hall–Kier alpha value is -4.21. The highest BCUT2D eigenvalue weighted by atomic mass is 79.9. The summed E-state index contributed by atoms with van der Waals surface area (Å²) in [4.78, 5) is 38.7. The molecule has 1 aliphatic carbocycles. The lowest BCUT2D eigenvalue weighted by atomic mass is 9.96. The highest BCUT2D eigenvalue weighted by Crippen LogP contribution is 2.37. The molecule has 0 unspecified atom stereocenters. The summed E-state index contributed by atoms with van der Waals surface area (Å²) in [5.41, 5.74) is 4.12. The average Bonchev–Trinajstić information content (AvgIpc) is 3.30. The molecule has 0 atom stereocenters. The molecule has 0 aliphatic heterocycles. The predicted octanol–water partition coefficient (Wildman–Crippen LogP) is 4.59. The number of hydrogen-bond acceptors (Lipinski definition) is 9. The van der Waals surface area contributed by atoms with E-state index in [0.29, 0.717) is 32.1 Å². The molecule has 10 nitrogen and oxygen atoms in total. The first-order valence-electron chi connectivity index (χ1n) is 11.8. The fraction of sp³-hybridized carbons (Fsp3) is 0.222. The third-order valence-corrected chi connectivity index (χ3v) is 7.58. The molecule has 2 amide bonds. The van der Waals surface area contributed by atoms with Crippen molar-refractivity contribution in [2.75, 3.05) is 19.5 Å². The molecular weight excluding hydrogens is 588 g/mol. The van der Waals surface area contributed by atoms with Gasteiger partial charge in [0.25, 0.3) is 0 Å². The minimum Gasteiger partial charge on any atom is -0.493 e. The number of methoxy groups -OCH3 is 2. The number of ether oxygens (including phenoxy) is 3. The Morgan fingerprint density at radius 2 is 1.77 bits per heavy atom. The van der Waals surface area contributed by atoms with E-state index >= 15 is 0 Å². The molecule has 1 aliphatic rings. The third kappa shape index (κ3) is 6.45. The van der Waals surface area contributed by atoms with Gasteiger partial charge in [-0.3, -0.25) is 9.59 Å². The molecule has 0 spiro atoms. The number of anilines is 1. The number of aryl methyl sites for hydroxylation is 1. The fourth-order valence-electron chi connectivity index (χ4n) is 3.98. The lowest BCUT2D eigenvalue weighted by Crippen LogP contribution is -2.32. The summed E-state index contributed by atoms with van der Waals surface area (Å²) >= 11 is 4.67. The summed E-state index contributed by atoms with van der Waals surface area (Å²) in [6.45, 7) is 0. The number of nitriles is 1. The van der Waals surface area contributed by atoms with Gasteiger partial charge in [0.1, 0.15) is 16.8 Å². The van der Waals surface area contributed by atoms with Crippen LogP contribution in [0.1, 0.15) is 44.8 Å². The number of esters is 1. The van der Waals surface area contributed by atoms with Crippen LogP contribution in [0.5, 0.6) is 17.2 Å². The molecule has 3 aromatic rings. The molecule has 4 rings (SSSR count). The van der Waals surface area contributed by atoms with Gasteiger partial charge in [-0.1, -0.05) is 15.9 Å². The van der Waals surface area contributed by atoms with E-state index < -0.39 is 17.8 Å².